The van der Waals surface area contributed by atoms with E-state index >= 15 is 0 Å². The molecule has 0 saturated heterocycles. The van der Waals surface area contributed by atoms with Crippen molar-refractivity contribution in [3.63, 3.8) is 0 Å². The van der Waals surface area contributed by atoms with E-state index < -0.39 is 5.97 Å². The average molecular weight is 390 g/mol. The number of H-pyrrole nitrogens is 1. The first kappa shape index (κ1) is 18.8. The van der Waals surface area contributed by atoms with Gasteiger partial charge in [-0.1, -0.05) is 55.5 Å². The summed E-state index contributed by atoms with van der Waals surface area (Å²) < 4.78 is 0. The zero-order chi connectivity index (χ0) is 20.4. The number of carbonyl (C=O) groups is 1. The van der Waals surface area contributed by atoms with Crippen LogP contribution in [0.1, 0.15) is 19.4 Å². The molecule has 0 bridgehead atoms. The van der Waals surface area contributed by atoms with Crippen molar-refractivity contribution in [2.75, 3.05) is 6.54 Å². The van der Waals surface area contributed by atoms with Crippen molar-refractivity contribution < 1.29 is 9.90 Å². The Morgan fingerprint density at radius 2 is 1.86 bits per heavy atom. The smallest absolute Gasteiger partial charge is 0.335 e. The molecular formula is C21H22N6O2. The van der Waals surface area contributed by atoms with Crippen LogP contribution in [-0.4, -0.2) is 49.3 Å². The maximum Gasteiger partial charge on any atom is 0.335 e. The van der Waals surface area contributed by atoms with Gasteiger partial charge in [0, 0.05) is 17.8 Å². The standard InChI is InChI=1S/C21H22N6O2/c1-3-27-18(19(21(28)29)13(2)24-27)12-14-8-10-15(11-9-14)16-6-4-5-7-17(16)20-22-25-26-23-20/h4-11,18,24H,3,12H2,1-2H3,(H,28,29)(H,22,23,25,26). The normalized spacial score (nSPS) is 16.8. The summed E-state index contributed by atoms with van der Waals surface area (Å²) in [5.41, 5.74) is 8.33. The van der Waals surface area contributed by atoms with E-state index in [4.69, 9.17) is 0 Å². The van der Waals surface area contributed by atoms with E-state index in [-0.39, 0.29) is 6.04 Å². The van der Waals surface area contributed by atoms with E-state index in [0.29, 0.717) is 23.5 Å². The van der Waals surface area contributed by atoms with Gasteiger partial charge in [-0.25, -0.2) is 9.80 Å². The Kier molecular flexibility index (Phi) is 5.09. The second kappa shape index (κ2) is 7.84. The van der Waals surface area contributed by atoms with Gasteiger partial charge in [0.05, 0.1) is 11.6 Å². The van der Waals surface area contributed by atoms with Gasteiger partial charge in [-0.05, 0) is 35.2 Å². The van der Waals surface area contributed by atoms with Gasteiger partial charge in [-0.2, -0.15) is 5.21 Å². The van der Waals surface area contributed by atoms with Crippen molar-refractivity contribution in [1.82, 2.24) is 31.1 Å². The van der Waals surface area contributed by atoms with E-state index in [9.17, 15) is 9.90 Å². The number of tetrazole rings is 1. The average Bonchev–Trinajstić information content (AvgIpc) is 3.36. The maximum atomic E-state index is 11.7. The minimum atomic E-state index is -0.874. The van der Waals surface area contributed by atoms with Gasteiger partial charge in [-0.15, -0.1) is 10.2 Å². The van der Waals surface area contributed by atoms with Crippen molar-refractivity contribution in [1.29, 1.82) is 0 Å². The van der Waals surface area contributed by atoms with Crippen molar-refractivity contribution in [2.24, 2.45) is 0 Å². The van der Waals surface area contributed by atoms with Crippen LogP contribution in [0.5, 0.6) is 0 Å². The number of carboxylic acids is 1. The van der Waals surface area contributed by atoms with Crippen molar-refractivity contribution in [3.8, 4) is 22.5 Å². The van der Waals surface area contributed by atoms with E-state index in [1.54, 1.807) is 0 Å². The van der Waals surface area contributed by atoms with Crippen LogP contribution in [-0.2, 0) is 11.2 Å². The lowest BCUT2D eigenvalue weighted by molar-refractivity contribution is -0.133. The SMILES string of the molecule is CCN1NC(C)=C(C(=O)O)C1Cc1ccc(-c2ccccc2-c2nn[nH]n2)cc1. The molecule has 8 heteroatoms. The highest BCUT2D eigenvalue weighted by atomic mass is 16.4. The molecule has 1 aliphatic rings. The van der Waals surface area contributed by atoms with Crippen LogP contribution in [0.25, 0.3) is 22.5 Å². The van der Waals surface area contributed by atoms with Crippen LogP contribution in [0.2, 0.25) is 0 Å². The number of aliphatic carboxylic acids is 1. The molecule has 8 nitrogen and oxygen atoms in total. The third-order valence-electron chi connectivity index (χ3n) is 5.20. The molecule has 1 aliphatic heterocycles. The molecule has 0 saturated carbocycles. The van der Waals surface area contributed by atoms with E-state index in [2.05, 4.69) is 26.0 Å². The maximum absolute atomic E-state index is 11.7. The predicted octanol–water partition coefficient (Wildman–Crippen LogP) is 2.64. The Morgan fingerprint density at radius 3 is 2.48 bits per heavy atom. The van der Waals surface area contributed by atoms with Crippen LogP contribution < -0.4 is 5.43 Å². The van der Waals surface area contributed by atoms with Gasteiger partial charge in [0.2, 0.25) is 5.82 Å². The Balaban J connectivity index is 1.61. The molecule has 3 N–H and O–H groups in total. The molecule has 3 aromatic rings. The lowest BCUT2D eigenvalue weighted by Gasteiger charge is -2.24. The van der Waals surface area contributed by atoms with Crippen molar-refractivity contribution in [3.05, 3.63) is 65.4 Å². The number of rotatable bonds is 6. The highest BCUT2D eigenvalue weighted by Gasteiger charge is 2.34. The Bertz CT molecular complexity index is 1040. The summed E-state index contributed by atoms with van der Waals surface area (Å²) in [5.74, 6) is -0.325. The lowest BCUT2D eigenvalue weighted by atomic mass is 9.95. The first-order valence-corrected chi connectivity index (χ1v) is 9.48. The zero-order valence-corrected chi connectivity index (χ0v) is 16.3. The van der Waals surface area contributed by atoms with Gasteiger partial charge in [0.25, 0.3) is 0 Å². The number of nitrogens with one attached hydrogen (secondary N) is 2. The first-order chi connectivity index (χ1) is 14.1. The Labute approximate surface area is 168 Å². The largest absolute Gasteiger partial charge is 0.478 e. The second-order valence-electron chi connectivity index (χ2n) is 6.94. The van der Waals surface area contributed by atoms with Crippen LogP contribution in [0, 0.1) is 0 Å². The molecule has 0 fully saturated rings. The molecule has 4 rings (SSSR count). The number of allylic oxidation sites excluding steroid dienone is 1. The molecule has 2 heterocycles. The number of benzene rings is 2. The lowest BCUT2D eigenvalue weighted by Crippen LogP contribution is -2.40. The number of hydrogen-bond acceptors (Lipinski definition) is 6. The number of aromatic nitrogens is 4. The first-order valence-electron chi connectivity index (χ1n) is 9.48. The molecule has 2 aromatic carbocycles. The zero-order valence-electron chi connectivity index (χ0n) is 16.3. The Hall–Kier alpha value is -3.52. The molecule has 0 spiro atoms. The molecule has 148 valence electrons. The third-order valence-corrected chi connectivity index (χ3v) is 5.20. The fourth-order valence-corrected chi connectivity index (χ4v) is 3.82. The van der Waals surface area contributed by atoms with Crippen LogP contribution >= 0.6 is 0 Å². The number of nitrogens with zero attached hydrogens (tertiary/aromatic N) is 4. The fraction of sp³-hybridized carbons (Fsp3) is 0.238. The van der Waals surface area contributed by atoms with Crippen molar-refractivity contribution in [2.45, 2.75) is 26.3 Å². The number of hydrogen-bond donors (Lipinski definition) is 3. The molecule has 0 aliphatic carbocycles. The van der Waals surface area contributed by atoms with Gasteiger partial charge >= 0.3 is 5.97 Å². The number of likely N-dealkylation sites (N-methyl/N-ethyl adjacent to an activating group) is 1. The van der Waals surface area contributed by atoms with Gasteiger partial charge in [0.1, 0.15) is 0 Å². The second-order valence-corrected chi connectivity index (χ2v) is 6.94. The number of aromatic amines is 1. The molecular weight excluding hydrogens is 368 g/mol. The molecule has 0 amide bonds. The highest BCUT2D eigenvalue weighted by molar-refractivity contribution is 5.89. The molecule has 29 heavy (non-hydrogen) atoms. The van der Waals surface area contributed by atoms with Crippen LogP contribution in [0.4, 0.5) is 0 Å². The highest BCUT2D eigenvalue weighted by Crippen LogP contribution is 2.30. The van der Waals surface area contributed by atoms with E-state index in [0.717, 1.165) is 28.8 Å². The predicted molar refractivity (Wildman–Crippen MR) is 108 cm³/mol. The van der Waals surface area contributed by atoms with Gasteiger partial charge in [0.15, 0.2) is 0 Å². The fourth-order valence-electron chi connectivity index (χ4n) is 3.82. The minimum absolute atomic E-state index is 0.199. The summed E-state index contributed by atoms with van der Waals surface area (Å²) >= 11 is 0. The minimum Gasteiger partial charge on any atom is -0.478 e. The summed E-state index contributed by atoms with van der Waals surface area (Å²) in [5, 5.41) is 25.9. The van der Waals surface area contributed by atoms with E-state index in [1.165, 1.54) is 0 Å². The van der Waals surface area contributed by atoms with Crippen LogP contribution in [0.3, 0.4) is 0 Å². The summed E-state index contributed by atoms with van der Waals surface area (Å²) in [4.78, 5) is 11.7. The quantitative estimate of drug-likeness (QED) is 0.594. The topological polar surface area (TPSA) is 107 Å². The monoisotopic (exact) mass is 390 g/mol. The molecule has 1 aromatic heterocycles. The molecule has 1 atom stereocenters. The number of carboxylic acid groups (broad SMARTS) is 1. The molecule has 1 unspecified atom stereocenters. The number of hydrazine groups is 1. The van der Waals surface area contributed by atoms with Gasteiger partial charge < -0.3 is 10.5 Å². The summed E-state index contributed by atoms with van der Waals surface area (Å²) in [6.45, 7) is 4.54. The van der Waals surface area contributed by atoms with Crippen LogP contribution in [0.15, 0.2) is 59.8 Å². The van der Waals surface area contributed by atoms with Crippen molar-refractivity contribution >= 4 is 5.97 Å². The molecule has 0 radical (unpaired) electrons. The Morgan fingerprint density at radius 1 is 1.14 bits per heavy atom. The van der Waals surface area contributed by atoms with Gasteiger partial charge in [-0.3, -0.25) is 0 Å². The van der Waals surface area contributed by atoms with E-state index in [1.807, 2.05) is 67.4 Å². The summed E-state index contributed by atoms with van der Waals surface area (Å²) in [6.07, 6.45) is 0.618. The summed E-state index contributed by atoms with van der Waals surface area (Å²) in [6, 6.07) is 15.9. The third kappa shape index (κ3) is 3.62. The summed E-state index contributed by atoms with van der Waals surface area (Å²) in [7, 11) is 0.